The quantitative estimate of drug-likeness (QED) is 0.456. The monoisotopic (exact) mass is 279 g/mol. The number of rotatable bonds is 4. The highest BCUT2D eigenvalue weighted by Gasteiger charge is 2.08. The van der Waals surface area contributed by atoms with Crippen LogP contribution in [0.1, 0.15) is 12.5 Å². The van der Waals surface area contributed by atoms with Gasteiger partial charge in [0.15, 0.2) is 0 Å². The third-order valence-electron chi connectivity index (χ3n) is 3.01. The van der Waals surface area contributed by atoms with E-state index in [9.17, 15) is 4.79 Å². The van der Waals surface area contributed by atoms with Crippen LogP contribution in [0.3, 0.4) is 0 Å². The van der Waals surface area contributed by atoms with E-state index in [0.717, 1.165) is 5.69 Å². The zero-order chi connectivity index (χ0) is 15.2. The summed E-state index contributed by atoms with van der Waals surface area (Å²) in [7, 11) is 0. The fourth-order valence-electron chi connectivity index (χ4n) is 1.91. The van der Waals surface area contributed by atoms with Crippen LogP contribution in [0.5, 0.6) is 0 Å². The van der Waals surface area contributed by atoms with Crippen molar-refractivity contribution in [3.63, 3.8) is 0 Å². The highest BCUT2D eigenvalue weighted by Crippen LogP contribution is 2.15. The molecule has 0 aliphatic heterocycles. The number of nitrogen functional groups attached to an aromatic ring is 1. The number of nitrogens with one attached hydrogen (secondary N) is 2. The number of benzene rings is 2. The van der Waals surface area contributed by atoms with E-state index in [1.54, 1.807) is 19.1 Å². The Labute approximate surface area is 123 Å². The molecule has 106 valence electrons. The molecule has 21 heavy (non-hydrogen) atoms. The van der Waals surface area contributed by atoms with E-state index in [2.05, 4.69) is 5.32 Å². The highest BCUT2D eigenvalue weighted by molar-refractivity contribution is 6.16. The van der Waals surface area contributed by atoms with E-state index in [-0.39, 0.29) is 11.6 Å². The summed E-state index contributed by atoms with van der Waals surface area (Å²) in [4.78, 5) is 11.9. The summed E-state index contributed by atoms with van der Waals surface area (Å²) in [5, 5.41) is 10.9. The Balaban J connectivity index is 2.12. The second kappa shape index (κ2) is 6.52. The predicted octanol–water partition coefficient (Wildman–Crippen LogP) is 3.22. The molecule has 0 saturated heterocycles. The molecule has 0 unspecified atom stereocenters. The fourth-order valence-corrected chi connectivity index (χ4v) is 1.91. The number of hydrogen-bond donors (Lipinski definition) is 3. The van der Waals surface area contributed by atoms with Crippen molar-refractivity contribution < 1.29 is 4.79 Å². The lowest BCUT2D eigenvalue weighted by Crippen LogP contribution is -2.12. The summed E-state index contributed by atoms with van der Waals surface area (Å²) in [5.41, 5.74) is 8.52. The molecule has 0 radical (unpaired) electrons. The molecule has 0 aliphatic carbocycles. The molecule has 0 fully saturated rings. The molecule has 4 heteroatoms. The molecule has 4 N–H and O–H groups in total. The van der Waals surface area contributed by atoms with Gasteiger partial charge in [0, 0.05) is 23.0 Å². The molecule has 2 aromatic carbocycles. The van der Waals surface area contributed by atoms with E-state index in [0.29, 0.717) is 16.8 Å². The third kappa shape index (κ3) is 3.79. The van der Waals surface area contributed by atoms with E-state index >= 15 is 0 Å². The standard InChI is InChI=1S/C17H17N3O/c1-12(17(19)14-9-5-6-10-15(14)18)11-16(21)20-13-7-3-2-4-8-13/h2-11,19H,18H2,1H3,(H,20,21)/b12-11+,19-17?. The van der Waals surface area contributed by atoms with Crippen molar-refractivity contribution in [2.45, 2.75) is 6.92 Å². The summed E-state index contributed by atoms with van der Waals surface area (Å²) in [6.45, 7) is 1.72. The van der Waals surface area contributed by atoms with E-state index in [1.165, 1.54) is 6.08 Å². The van der Waals surface area contributed by atoms with Crippen LogP contribution in [-0.4, -0.2) is 11.6 Å². The van der Waals surface area contributed by atoms with Gasteiger partial charge < -0.3 is 11.1 Å². The minimum Gasteiger partial charge on any atom is -0.398 e. The van der Waals surface area contributed by atoms with Gasteiger partial charge in [-0.25, -0.2) is 0 Å². The van der Waals surface area contributed by atoms with Crippen molar-refractivity contribution in [2.24, 2.45) is 0 Å². The molecule has 0 atom stereocenters. The lowest BCUT2D eigenvalue weighted by Gasteiger charge is -2.08. The van der Waals surface area contributed by atoms with Crippen molar-refractivity contribution in [1.29, 1.82) is 5.41 Å². The molecule has 0 aliphatic rings. The number of carbonyl (C=O) groups is 1. The number of carbonyl (C=O) groups excluding carboxylic acids is 1. The molecule has 2 rings (SSSR count). The van der Waals surface area contributed by atoms with Crippen LogP contribution < -0.4 is 11.1 Å². The average molecular weight is 279 g/mol. The second-order valence-corrected chi connectivity index (χ2v) is 4.64. The van der Waals surface area contributed by atoms with Crippen LogP contribution in [-0.2, 0) is 4.79 Å². The Morgan fingerprint density at radius 1 is 1.10 bits per heavy atom. The molecule has 0 bridgehead atoms. The van der Waals surface area contributed by atoms with Gasteiger partial charge in [0.05, 0.1) is 5.71 Å². The molecule has 2 aromatic rings. The van der Waals surface area contributed by atoms with Crippen LogP contribution >= 0.6 is 0 Å². The number of allylic oxidation sites excluding steroid dienone is 1. The van der Waals surface area contributed by atoms with Crippen molar-refractivity contribution in [1.82, 2.24) is 0 Å². The van der Waals surface area contributed by atoms with E-state index in [1.807, 2.05) is 42.5 Å². The Hall–Kier alpha value is -2.88. The van der Waals surface area contributed by atoms with Gasteiger partial charge in [0.1, 0.15) is 0 Å². The lowest BCUT2D eigenvalue weighted by molar-refractivity contribution is -0.111. The third-order valence-corrected chi connectivity index (χ3v) is 3.01. The molecule has 0 aromatic heterocycles. The van der Waals surface area contributed by atoms with E-state index in [4.69, 9.17) is 11.1 Å². The Morgan fingerprint density at radius 2 is 1.71 bits per heavy atom. The summed E-state index contributed by atoms with van der Waals surface area (Å²) < 4.78 is 0. The van der Waals surface area contributed by atoms with Gasteiger partial charge in [0.2, 0.25) is 5.91 Å². The lowest BCUT2D eigenvalue weighted by atomic mass is 10.0. The van der Waals surface area contributed by atoms with Crippen molar-refractivity contribution in [2.75, 3.05) is 11.1 Å². The molecule has 0 heterocycles. The molecular weight excluding hydrogens is 262 g/mol. The van der Waals surface area contributed by atoms with Crippen LogP contribution in [0.15, 0.2) is 66.2 Å². The molecule has 0 spiro atoms. The van der Waals surface area contributed by atoms with Crippen molar-refractivity contribution in [3.8, 4) is 0 Å². The SMILES string of the molecule is C/C(=C\C(=O)Nc1ccccc1)C(=N)c1ccccc1N. The van der Waals surface area contributed by atoms with Crippen LogP contribution in [0.4, 0.5) is 11.4 Å². The maximum Gasteiger partial charge on any atom is 0.248 e. The number of para-hydroxylation sites is 2. The number of amides is 1. The van der Waals surface area contributed by atoms with Gasteiger partial charge in [-0.15, -0.1) is 0 Å². The summed E-state index contributed by atoms with van der Waals surface area (Å²) in [6, 6.07) is 16.3. The van der Waals surface area contributed by atoms with Gasteiger partial charge in [-0.05, 0) is 30.7 Å². The second-order valence-electron chi connectivity index (χ2n) is 4.64. The van der Waals surface area contributed by atoms with Gasteiger partial charge in [0.25, 0.3) is 0 Å². The zero-order valence-electron chi connectivity index (χ0n) is 11.8. The minimum absolute atomic E-state index is 0.247. The molecule has 0 saturated carbocycles. The first kappa shape index (κ1) is 14.5. The highest BCUT2D eigenvalue weighted by atomic mass is 16.1. The van der Waals surface area contributed by atoms with Crippen molar-refractivity contribution >= 4 is 23.0 Å². The average Bonchev–Trinajstić information content (AvgIpc) is 2.48. The Morgan fingerprint density at radius 3 is 2.38 bits per heavy atom. The number of nitrogens with two attached hydrogens (primary N) is 1. The largest absolute Gasteiger partial charge is 0.398 e. The van der Waals surface area contributed by atoms with Crippen LogP contribution in [0.2, 0.25) is 0 Å². The summed E-state index contributed by atoms with van der Waals surface area (Å²) >= 11 is 0. The summed E-state index contributed by atoms with van der Waals surface area (Å²) in [6.07, 6.45) is 1.40. The smallest absolute Gasteiger partial charge is 0.248 e. The van der Waals surface area contributed by atoms with Crippen molar-refractivity contribution in [3.05, 3.63) is 71.8 Å². The van der Waals surface area contributed by atoms with Crippen LogP contribution in [0.25, 0.3) is 0 Å². The minimum atomic E-state index is -0.266. The van der Waals surface area contributed by atoms with Gasteiger partial charge >= 0.3 is 0 Å². The van der Waals surface area contributed by atoms with Gasteiger partial charge in [-0.2, -0.15) is 0 Å². The maximum absolute atomic E-state index is 11.9. The predicted molar refractivity (Wildman–Crippen MR) is 86.5 cm³/mol. The molecular formula is C17H17N3O. The topological polar surface area (TPSA) is 79.0 Å². The first-order chi connectivity index (χ1) is 10.1. The Bertz CT molecular complexity index is 690. The number of hydrogen-bond acceptors (Lipinski definition) is 3. The molecule has 4 nitrogen and oxygen atoms in total. The fraction of sp³-hybridized carbons (Fsp3) is 0.0588. The molecule has 1 amide bonds. The normalized spacial score (nSPS) is 11.0. The Kier molecular flexibility index (Phi) is 4.51. The van der Waals surface area contributed by atoms with E-state index < -0.39 is 0 Å². The number of anilines is 2. The zero-order valence-corrected chi connectivity index (χ0v) is 11.8. The van der Waals surface area contributed by atoms with Gasteiger partial charge in [-0.3, -0.25) is 10.2 Å². The maximum atomic E-state index is 11.9. The summed E-state index contributed by atoms with van der Waals surface area (Å²) in [5.74, 6) is -0.266. The van der Waals surface area contributed by atoms with Gasteiger partial charge in [-0.1, -0.05) is 36.4 Å². The first-order valence-corrected chi connectivity index (χ1v) is 6.56. The first-order valence-electron chi connectivity index (χ1n) is 6.56. The van der Waals surface area contributed by atoms with Crippen LogP contribution in [0, 0.1) is 5.41 Å².